The van der Waals surface area contributed by atoms with Crippen molar-refractivity contribution < 1.29 is 9.58 Å². The highest BCUT2D eigenvalue weighted by Gasteiger charge is 1.99. The van der Waals surface area contributed by atoms with E-state index in [1.165, 1.54) is 13.3 Å². The molecule has 0 N–H and O–H groups in total. The van der Waals surface area contributed by atoms with Crippen molar-refractivity contribution in [1.29, 1.82) is 0 Å². The zero-order chi connectivity index (χ0) is 7.56. The van der Waals surface area contributed by atoms with Gasteiger partial charge in [-0.2, -0.15) is 0 Å². The van der Waals surface area contributed by atoms with Crippen LogP contribution in [0.15, 0.2) is 12.3 Å². The topological polar surface area (TPSA) is 49.1 Å². The summed E-state index contributed by atoms with van der Waals surface area (Å²) in [6, 6.07) is 1.69. The molecule has 4 nitrogen and oxygen atoms in total. The summed E-state index contributed by atoms with van der Waals surface area (Å²) in [5.41, 5.74) is 0.648. The van der Waals surface area contributed by atoms with Crippen LogP contribution in [0.2, 0.25) is 0 Å². The van der Waals surface area contributed by atoms with Crippen LogP contribution < -0.4 is 9.58 Å². The Hall–Kier alpha value is -1.32. The van der Waals surface area contributed by atoms with Crippen LogP contribution in [0.1, 0.15) is 5.69 Å². The molecule has 0 aliphatic heterocycles. The second-order valence-corrected chi connectivity index (χ2v) is 1.92. The van der Waals surface area contributed by atoms with Crippen LogP contribution in [-0.2, 0) is 0 Å². The molecule has 0 amide bonds. The smallest absolute Gasteiger partial charge is 0.251 e. The lowest BCUT2D eigenvalue weighted by Gasteiger charge is -1.98. The van der Waals surface area contributed by atoms with Crippen LogP contribution in [0, 0.1) is 12.1 Å². The number of nitrogens with zero attached hydrogens (tertiary/aromatic N) is 2. The molecule has 0 fully saturated rings. The summed E-state index contributed by atoms with van der Waals surface area (Å²) in [7, 11) is 1.51. The number of rotatable bonds is 1. The number of methoxy groups -OCH3 is 1. The van der Waals surface area contributed by atoms with E-state index in [4.69, 9.17) is 4.74 Å². The molecule has 1 aromatic heterocycles. The van der Waals surface area contributed by atoms with Gasteiger partial charge in [0.15, 0.2) is 5.75 Å². The molecule has 4 heteroatoms. The first-order chi connectivity index (χ1) is 4.72. The molecule has 0 aromatic carbocycles. The van der Waals surface area contributed by atoms with Crippen molar-refractivity contribution >= 4 is 0 Å². The molecule has 0 spiro atoms. The largest absolute Gasteiger partial charge is 0.594 e. The van der Waals surface area contributed by atoms with Crippen molar-refractivity contribution in [3.05, 3.63) is 23.2 Å². The van der Waals surface area contributed by atoms with E-state index in [1.807, 2.05) is 0 Å². The minimum absolute atomic E-state index is 0.480. The summed E-state index contributed by atoms with van der Waals surface area (Å²) in [6.07, 6.45) is 1.27. The molecule has 1 rings (SSSR count). The number of hydrogen-bond donors (Lipinski definition) is 0. The minimum atomic E-state index is 0.480. The molecule has 0 atom stereocenters. The Balaban J connectivity index is 3.06. The highest BCUT2D eigenvalue weighted by Crippen LogP contribution is 2.04. The number of ether oxygens (including phenoxy) is 1. The van der Waals surface area contributed by atoms with E-state index in [0.29, 0.717) is 16.3 Å². The third-order valence-corrected chi connectivity index (χ3v) is 1.08. The summed E-state index contributed by atoms with van der Waals surface area (Å²) >= 11 is 0. The Kier molecular flexibility index (Phi) is 1.71. The molecule has 0 radical (unpaired) electrons. The summed E-state index contributed by atoms with van der Waals surface area (Å²) < 4.78 is 4.82. The van der Waals surface area contributed by atoms with Crippen molar-refractivity contribution in [3.63, 3.8) is 0 Å². The SMILES string of the molecule is COc1cc(C)n[n+]([O-])c1. The maximum atomic E-state index is 10.6. The summed E-state index contributed by atoms with van der Waals surface area (Å²) in [5, 5.41) is 14.2. The van der Waals surface area contributed by atoms with Crippen LogP contribution in [0.4, 0.5) is 0 Å². The Morgan fingerprint density at radius 1 is 1.70 bits per heavy atom. The average Bonchev–Trinajstić information content (AvgIpc) is 1.85. The minimum Gasteiger partial charge on any atom is -0.594 e. The van der Waals surface area contributed by atoms with E-state index in [2.05, 4.69) is 5.10 Å². The Bertz CT molecular complexity index is 217. The lowest BCUT2D eigenvalue weighted by atomic mass is 10.4. The highest BCUT2D eigenvalue weighted by molar-refractivity contribution is 5.15. The van der Waals surface area contributed by atoms with E-state index in [1.54, 1.807) is 13.0 Å². The van der Waals surface area contributed by atoms with Gasteiger partial charge in [0.25, 0.3) is 6.20 Å². The van der Waals surface area contributed by atoms with Gasteiger partial charge in [0.1, 0.15) is 5.69 Å². The van der Waals surface area contributed by atoms with E-state index in [0.717, 1.165) is 0 Å². The third kappa shape index (κ3) is 1.34. The van der Waals surface area contributed by atoms with Gasteiger partial charge in [-0.3, -0.25) is 0 Å². The zero-order valence-electron chi connectivity index (χ0n) is 5.87. The van der Waals surface area contributed by atoms with Crippen molar-refractivity contribution in [2.24, 2.45) is 0 Å². The number of aromatic nitrogens is 2. The molecule has 0 saturated carbocycles. The predicted octanol–water partition coefficient (Wildman–Crippen LogP) is 0.0320. The lowest BCUT2D eigenvalue weighted by Crippen LogP contribution is -2.30. The standard InChI is InChI=1S/C6H8N2O2/c1-5-3-6(10-2)4-8(9)7-5/h3-4H,1-2H3. The summed E-state index contributed by atoms with van der Waals surface area (Å²) in [6.45, 7) is 1.73. The molecule has 54 valence electrons. The fourth-order valence-corrected chi connectivity index (χ4v) is 0.677. The van der Waals surface area contributed by atoms with E-state index in [-0.39, 0.29) is 0 Å². The van der Waals surface area contributed by atoms with Crippen LogP contribution in [0.25, 0.3) is 0 Å². The van der Waals surface area contributed by atoms with Gasteiger partial charge in [0.05, 0.1) is 7.11 Å². The summed E-state index contributed by atoms with van der Waals surface area (Å²) in [4.78, 5) is 0.480. The maximum absolute atomic E-state index is 10.6. The molecular formula is C6H8N2O2. The molecule has 0 aliphatic rings. The first-order valence-corrected chi connectivity index (χ1v) is 2.84. The molecule has 0 saturated heterocycles. The van der Waals surface area contributed by atoms with Gasteiger partial charge < -0.3 is 9.94 Å². The Labute approximate surface area is 58.6 Å². The first kappa shape index (κ1) is 6.80. The second-order valence-electron chi connectivity index (χ2n) is 1.92. The third-order valence-electron chi connectivity index (χ3n) is 1.08. The summed E-state index contributed by atoms with van der Waals surface area (Å²) in [5.74, 6) is 0.530. The first-order valence-electron chi connectivity index (χ1n) is 2.84. The lowest BCUT2D eigenvalue weighted by molar-refractivity contribution is -0.670. The van der Waals surface area contributed by atoms with Crippen LogP contribution in [-0.4, -0.2) is 12.2 Å². The maximum Gasteiger partial charge on any atom is 0.251 e. The van der Waals surface area contributed by atoms with Gasteiger partial charge in [-0.1, -0.05) is 4.85 Å². The zero-order valence-corrected chi connectivity index (χ0v) is 5.87. The van der Waals surface area contributed by atoms with Gasteiger partial charge in [0, 0.05) is 11.2 Å². The van der Waals surface area contributed by atoms with E-state index < -0.39 is 0 Å². The van der Waals surface area contributed by atoms with E-state index >= 15 is 0 Å². The molecular weight excluding hydrogens is 132 g/mol. The fourth-order valence-electron chi connectivity index (χ4n) is 0.677. The average molecular weight is 140 g/mol. The van der Waals surface area contributed by atoms with Crippen LogP contribution >= 0.6 is 0 Å². The molecule has 10 heavy (non-hydrogen) atoms. The molecule has 0 bridgehead atoms. The van der Waals surface area contributed by atoms with Crippen LogP contribution in [0.5, 0.6) is 5.75 Å². The molecule has 0 unspecified atom stereocenters. The van der Waals surface area contributed by atoms with Gasteiger partial charge in [-0.25, -0.2) is 0 Å². The highest BCUT2D eigenvalue weighted by atomic mass is 16.5. The fraction of sp³-hybridized carbons (Fsp3) is 0.333. The van der Waals surface area contributed by atoms with E-state index in [9.17, 15) is 5.21 Å². The van der Waals surface area contributed by atoms with Crippen LogP contribution in [0.3, 0.4) is 0 Å². The van der Waals surface area contributed by atoms with Crippen molar-refractivity contribution in [3.8, 4) is 5.75 Å². The predicted molar refractivity (Wildman–Crippen MR) is 34.5 cm³/mol. The Morgan fingerprint density at radius 3 is 2.90 bits per heavy atom. The molecule has 1 heterocycles. The molecule has 0 aliphatic carbocycles. The molecule has 1 aromatic rings. The normalized spacial score (nSPS) is 9.40. The Morgan fingerprint density at radius 2 is 2.40 bits per heavy atom. The van der Waals surface area contributed by atoms with Crippen molar-refractivity contribution in [1.82, 2.24) is 5.10 Å². The van der Waals surface area contributed by atoms with Crippen molar-refractivity contribution in [2.45, 2.75) is 6.92 Å². The second kappa shape index (κ2) is 2.51. The quantitative estimate of drug-likeness (QED) is 0.408. The monoisotopic (exact) mass is 140 g/mol. The van der Waals surface area contributed by atoms with Gasteiger partial charge in [-0.15, -0.1) is 0 Å². The van der Waals surface area contributed by atoms with Gasteiger partial charge >= 0.3 is 0 Å². The van der Waals surface area contributed by atoms with Crippen molar-refractivity contribution in [2.75, 3.05) is 7.11 Å². The van der Waals surface area contributed by atoms with Gasteiger partial charge in [-0.05, 0) is 6.92 Å². The van der Waals surface area contributed by atoms with Gasteiger partial charge in [0.2, 0.25) is 0 Å². The number of hydrogen-bond acceptors (Lipinski definition) is 3. The number of aryl methyl sites for hydroxylation is 1.